The average Bonchev–Trinajstić information content (AvgIpc) is 1.56. The standard InChI is InChI=1S/C7H14O4/c1-6(2,3)11-7(4,10)5(8)9/h10H,1-4H3,(H,8,9). The molecule has 1 unspecified atom stereocenters. The topological polar surface area (TPSA) is 66.8 Å². The quantitative estimate of drug-likeness (QED) is 0.583. The van der Waals surface area contributed by atoms with Crippen molar-refractivity contribution in [1.82, 2.24) is 0 Å². The molecule has 0 aromatic carbocycles. The Morgan fingerprint density at radius 2 is 1.64 bits per heavy atom. The Bertz CT molecular complexity index is 154. The van der Waals surface area contributed by atoms with Crippen molar-refractivity contribution in [3.63, 3.8) is 0 Å². The number of hydrogen-bond acceptors (Lipinski definition) is 3. The zero-order valence-corrected chi connectivity index (χ0v) is 7.21. The van der Waals surface area contributed by atoms with Gasteiger partial charge < -0.3 is 14.9 Å². The van der Waals surface area contributed by atoms with E-state index in [2.05, 4.69) is 0 Å². The van der Waals surface area contributed by atoms with Crippen LogP contribution in [-0.2, 0) is 9.53 Å². The Balaban J connectivity index is 4.25. The van der Waals surface area contributed by atoms with E-state index in [1.807, 2.05) is 0 Å². The molecule has 1 atom stereocenters. The molecule has 0 fully saturated rings. The molecule has 0 aromatic heterocycles. The Morgan fingerprint density at radius 3 is 1.73 bits per heavy atom. The average molecular weight is 162 g/mol. The number of carbonyl (C=O) groups is 1. The lowest BCUT2D eigenvalue weighted by Crippen LogP contribution is -2.43. The number of carboxylic acids is 1. The van der Waals surface area contributed by atoms with E-state index in [1.54, 1.807) is 20.8 Å². The number of carboxylic acid groups (broad SMARTS) is 1. The van der Waals surface area contributed by atoms with Crippen LogP contribution in [0.2, 0.25) is 0 Å². The van der Waals surface area contributed by atoms with Crippen molar-refractivity contribution in [3.05, 3.63) is 0 Å². The molecule has 0 aliphatic heterocycles. The van der Waals surface area contributed by atoms with E-state index in [0.29, 0.717) is 0 Å². The number of rotatable bonds is 2. The van der Waals surface area contributed by atoms with Gasteiger partial charge in [-0.05, 0) is 20.8 Å². The van der Waals surface area contributed by atoms with E-state index in [-0.39, 0.29) is 0 Å². The molecular formula is C7H14O4. The fourth-order valence-electron chi connectivity index (χ4n) is 0.640. The summed E-state index contributed by atoms with van der Waals surface area (Å²) < 4.78 is 4.84. The van der Waals surface area contributed by atoms with Crippen LogP contribution < -0.4 is 0 Å². The molecule has 0 rings (SSSR count). The second-order valence-electron chi connectivity index (χ2n) is 3.50. The third kappa shape index (κ3) is 3.95. The molecule has 2 N–H and O–H groups in total. The molecule has 0 amide bonds. The lowest BCUT2D eigenvalue weighted by molar-refractivity contribution is -0.247. The van der Waals surface area contributed by atoms with Crippen molar-refractivity contribution in [2.45, 2.75) is 39.1 Å². The summed E-state index contributed by atoms with van der Waals surface area (Å²) in [5, 5.41) is 17.5. The SMILES string of the molecule is CC(C)(C)OC(C)(O)C(=O)O. The van der Waals surface area contributed by atoms with Crippen molar-refractivity contribution >= 4 is 5.97 Å². The van der Waals surface area contributed by atoms with E-state index in [9.17, 15) is 4.79 Å². The maximum absolute atomic E-state index is 10.3. The molecule has 4 nitrogen and oxygen atoms in total. The van der Waals surface area contributed by atoms with E-state index in [0.717, 1.165) is 6.92 Å². The van der Waals surface area contributed by atoms with Gasteiger partial charge in [0.1, 0.15) is 0 Å². The maximum Gasteiger partial charge on any atom is 0.363 e. The van der Waals surface area contributed by atoms with Crippen LogP contribution >= 0.6 is 0 Å². The van der Waals surface area contributed by atoms with Crippen LogP contribution in [0.25, 0.3) is 0 Å². The molecule has 0 bridgehead atoms. The highest BCUT2D eigenvalue weighted by Crippen LogP contribution is 2.17. The van der Waals surface area contributed by atoms with E-state index < -0.39 is 17.4 Å². The number of hydrogen-bond donors (Lipinski definition) is 2. The summed E-state index contributed by atoms with van der Waals surface area (Å²) in [5.74, 6) is -3.48. The molecule has 0 saturated carbocycles. The molecule has 0 radical (unpaired) electrons. The zero-order chi connectivity index (χ0) is 9.28. The summed E-state index contributed by atoms with van der Waals surface area (Å²) in [6, 6.07) is 0. The van der Waals surface area contributed by atoms with Crippen LogP contribution in [0.1, 0.15) is 27.7 Å². The van der Waals surface area contributed by atoms with Gasteiger partial charge in [0.2, 0.25) is 0 Å². The highest BCUT2D eigenvalue weighted by molar-refractivity contribution is 5.74. The predicted octanol–water partition coefficient (Wildman–Crippen LogP) is 0.595. The summed E-state index contributed by atoms with van der Waals surface area (Å²) >= 11 is 0. The molecule has 0 aromatic rings. The Labute approximate surface area is 65.8 Å². The Kier molecular flexibility index (Phi) is 2.64. The molecule has 0 aliphatic carbocycles. The minimum Gasteiger partial charge on any atom is -0.477 e. The van der Waals surface area contributed by atoms with Crippen LogP contribution in [0.3, 0.4) is 0 Å². The van der Waals surface area contributed by atoms with Crippen LogP contribution in [-0.4, -0.2) is 27.6 Å². The van der Waals surface area contributed by atoms with E-state index in [4.69, 9.17) is 14.9 Å². The highest BCUT2D eigenvalue weighted by Gasteiger charge is 2.35. The lowest BCUT2D eigenvalue weighted by Gasteiger charge is -2.28. The van der Waals surface area contributed by atoms with Gasteiger partial charge in [0.05, 0.1) is 5.60 Å². The fourth-order valence-corrected chi connectivity index (χ4v) is 0.640. The van der Waals surface area contributed by atoms with Gasteiger partial charge in [0.15, 0.2) is 0 Å². The maximum atomic E-state index is 10.3. The molecule has 0 heterocycles. The van der Waals surface area contributed by atoms with Gasteiger partial charge in [-0.1, -0.05) is 0 Å². The van der Waals surface area contributed by atoms with Crippen LogP contribution in [0.5, 0.6) is 0 Å². The Morgan fingerprint density at radius 1 is 1.27 bits per heavy atom. The van der Waals surface area contributed by atoms with Crippen molar-refractivity contribution in [1.29, 1.82) is 0 Å². The van der Waals surface area contributed by atoms with Gasteiger partial charge in [-0.3, -0.25) is 0 Å². The van der Waals surface area contributed by atoms with Crippen molar-refractivity contribution in [2.75, 3.05) is 0 Å². The van der Waals surface area contributed by atoms with Crippen molar-refractivity contribution < 1.29 is 19.7 Å². The first kappa shape index (κ1) is 10.4. The fraction of sp³-hybridized carbons (Fsp3) is 0.857. The summed E-state index contributed by atoms with van der Waals surface area (Å²) in [6.07, 6.45) is 0. The molecule has 11 heavy (non-hydrogen) atoms. The zero-order valence-electron chi connectivity index (χ0n) is 7.21. The summed E-state index contributed by atoms with van der Waals surface area (Å²) in [7, 11) is 0. The molecular weight excluding hydrogens is 148 g/mol. The number of aliphatic carboxylic acids is 1. The minimum atomic E-state index is -2.10. The van der Waals surface area contributed by atoms with Gasteiger partial charge in [-0.15, -0.1) is 0 Å². The third-order valence-corrected chi connectivity index (χ3v) is 0.902. The summed E-state index contributed by atoms with van der Waals surface area (Å²) in [6.45, 7) is 6.11. The summed E-state index contributed by atoms with van der Waals surface area (Å²) in [4.78, 5) is 10.3. The van der Waals surface area contributed by atoms with E-state index >= 15 is 0 Å². The first-order valence-electron chi connectivity index (χ1n) is 3.31. The normalized spacial score (nSPS) is 17.5. The number of aliphatic hydroxyl groups is 1. The van der Waals surface area contributed by atoms with Crippen LogP contribution in [0.15, 0.2) is 0 Å². The van der Waals surface area contributed by atoms with Crippen molar-refractivity contribution in [2.24, 2.45) is 0 Å². The molecule has 0 aliphatic rings. The smallest absolute Gasteiger partial charge is 0.363 e. The minimum absolute atomic E-state index is 0.665. The first-order chi connectivity index (χ1) is 4.65. The first-order valence-corrected chi connectivity index (χ1v) is 3.31. The molecule has 0 spiro atoms. The van der Waals surface area contributed by atoms with Crippen molar-refractivity contribution in [3.8, 4) is 0 Å². The second kappa shape index (κ2) is 2.79. The third-order valence-electron chi connectivity index (χ3n) is 0.902. The van der Waals surface area contributed by atoms with Gasteiger partial charge >= 0.3 is 5.97 Å². The monoisotopic (exact) mass is 162 g/mol. The molecule has 66 valence electrons. The molecule has 0 saturated heterocycles. The lowest BCUT2D eigenvalue weighted by atomic mass is 10.1. The van der Waals surface area contributed by atoms with Gasteiger partial charge in [-0.25, -0.2) is 4.79 Å². The largest absolute Gasteiger partial charge is 0.477 e. The van der Waals surface area contributed by atoms with Crippen LogP contribution in [0.4, 0.5) is 0 Å². The second-order valence-corrected chi connectivity index (χ2v) is 3.50. The van der Waals surface area contributed by atoms with Gasteiger partial charge in [0.25, 0.3) is 5.79 Å². The Hall–Kier alpha value is -0.610. The predicted molar refractivity (Wildman–Crippen MR) is 39.1 cm³/mol. The van der Waals surface area contributed by atoms with Crippen LogP contribution in [0, 0.1) is 0 Å². The number of ether oxygens (including phenoxy) is 1. The van der Waals surface area contributed by atoms with Gasteiger partial charge in [0, 0.05) is 6.92 Å². The van der Waals surface area contributed by atoms with Gasteiger partial charge in [-0.2, -0.15) is 0 Å². The van der Waals surface area contributed by atoms with E-state index in [1.165, 1.54) is 0 Å². The summed E-state index contributed by atoms with van der Waals surface area (Å²) in [5.41, 5.74) is -0.665. The molecule has 4 heteroatoms. The highest BCUT2D eigenvalue weighted by atomic mass is 16.7.